The van der Waals surface area contributed by atoms with Gasteiger partial charge in [0.1, 0.15) is 11.5 Å². The monoisotopic (exact) mass is 522 g/mol. The third kappa shape index (κ3) is 5.44. The summed E-state index contributed by atoms with van der Waals surface area (Å²) in [5.74, 6) is 0.594. The Labute approximate surface area is 219 Å². The SMILES string of the molecule is COc1ccccc1C(C)NC(=O)C1CN(S(=O)(=O)c2ccc(C)cc2)c2cc(C(C)(C)C)ccc2O1. The highest BCUT2D eigenvalue weighted by Crippen LogP contribution is 2.40. The van der Waals surface area contributed by atoms with Crippen molar-refractivity contribution in [1.82, 2.24) is 5.32 Å². The van der Waals surface area contributed by atoms with Gasteiger partial charge in [-0.15, -0.1) is 0 Å². The number of benzene rings is 3. The summed E-state index contributed by atoms with van der Waals surface area (Å²) in [6, 6.07) is 19.3. The lowest BCUT2D eigenvalue weighted by Crippen LogP contribution is -2.51. The Hall–Kier alpha value is -3.52. The Bertz CT molecular complexity index is 1390. The molecule has 4 rings (SSSR count). The molecule has 0 fully saturated rings. The first-order valence-electron chi connectivity index (χ1n) is 12.3. The van der Waals surface area contributed by atoms with Gasteiger partial charge in [0.05, 0.1) is 30.3 Å². The van der Waals surface area contributed by atoms with Crippen LogP contribution in [0.2, 0.25) is 0 Å². The van der Waals surface area contributed by atoms with Crippen molar-refractivity contribution in [2.75, 3.05) is 18.0 Å². The summed E-state index contributed by atoms with van der Waals surface area (Å²) >= 11 is 0. The van der Waals surface area contributed by atoms with E-state index in [1.165, 1.54) is 4.31 Å². The molecule has 1 heterocycles. The molecule has 37 heavy (non-hydrogen) atoms. The van der Waals surface area contributed by atoms with Gasteiger partial charge in [0.25, 0.3) is 15.9 Å². The number of hydrogen-bond acceptors (Lipinski definition) is 5. The number of ether oxygens (including phenoxy) is 2. The molecular formula is C29H34N2O5S. The Morgan fingerprint density at radius 2 is 1.76 bits per heavy atom. The van der Waals surface area contributed by atoms with Crippen LogP contribution < -0.4 is 19.1 Å². The number of amides is 1. The maximum Gasteiger partial charge on any atom is 0.264 e. The number of rotatable bonds is 6. The molecule has 1 aliphatic heterocycles. The number of fused-ring (bicyclic) bond motifs is 1. The van der Waals surface area contributed by atoms with Crippen LogP contribution in [-0.4, -0.2) is 34.1 Å². The Kier molecular flexibility index (Phi) is 7.24. The minimum atomic E-state index is -3.96. The van der Waals surface area contributed by atoms with Crippen molar-refractivity contribution in [3.05, 3.63) is 83.4 Å². The van der Waals surface area contributed by atoms with Crippen molar-refractivity contribution in [3.63, 3.8) is 0 Å². The lowest BCUT2D eigenvalue weighted by Gasteiger charge is -2.36. The molecule has 1 N–H and O–H groups in total. The molecule has 0 radical (unpaired) electrons. The van der Waals surface area contributed by atoms with Gasteiger partial charge in [0.15, 0.2) is 6.10 Å². The normalized spacial score (nSPS) is 16.4. The molecule has 7 nitrogen and oxygen atoms in total. The van der Waals surface area contributed by atoms with Gasteiger partial charge < -0.3 is 14.8 Å². The molecular weight excluding hydrogens is 488 g/mol. The summed E-state index contributed by atoms with van der Waals surface area (Å²) in [5, 5.41) is 2.96. The fourth-order valence-corrected chi connectivity index (χ4v) is 5.80. The zero-order valence-electron chi connectivity index (χ0n) is 22.1. The molecule has 1 amide bonds. The zero-order chi connectivity index (χ0) is 27.0. The van der Waals surface area contributed by atoms with E-state index in [9.17, 15) is 13.2 Å². The maximum atomic E-state index is 13.8. The Morgan fingerprint density at radius 3 is 2.41 bits per heavy atom. The van der Waals surface area contributed by atoms with Crippen LogP contribution >= 0.6 is 0 Å². The number of nitrogens with zero attached hydrogens (tertiary/aromatic N) is 1. The molecule has 2 atom stereocenters. The van der Waals surface area contributed by atoms with Crippen molar-refractivity contribution in [3.8, 4) is 11.5 Å². The second-order valence-electron chi connectivity index (χ2n) is 10.4. The van der Waals surface area contributed by atoms with Crippen LogP contribution in [0.5, 0.6) is 11.5 Å². The summed E-state index contributed by atoms with van der Waals surface area (Å²) in [7, 11) is -2.38. The van der Waals surface area contributed by atoms with Crippen molar-refractivity contribution in [1.29, 1.82) is 0 Å². The predicted molar refractivity (Wildman–Crippen MR) is 145 cm³/mol. The molecule has 3 aromatic rings. The summed E-state index contributed by atoms with van der Waals surface area (Å²) < 4.78 is 40.5. The third-order valence-electron chi connectivity index (χ3n) is 6.56. The highest BCUT2D eigenvalue weighted by molar-refractivity contribution is 7.92. The Balaban J connectivity index is 1.70. The van der Waals surface area contributed by atoms with E-state index >= 15 is 0 Å². The number of methoxy groups -OCH3 is 1. The highest BCUT2D eigenvalue weighted by Gasteiger charge is 2.38. The van der Waals surface area contributed by atoms with E-state index in [0.717, 1.165) is 16.7 Å². The topological polar surface area (TPSA) is 84.9 Å². The molecule has 0 aliphatic carbocycles. The quantitative estimate of drug-likeness (QED) is 0.485. The first-order valence-corrected chi connectivity index (χ1v) is 13.7. The molecule has 0 bridgehead atoms. The number of para-hydroxylation sites is 1. The average molecular weight is 523 g/mol. The van der Waals surface area contributed by atoms with E-state index in [1.807, 2.05) is 50.2 Å². The van der Waals surface area contributed by atoms with Gasteiger partial charge in [-0.1, -0.05) is 62.7 Å². The molecule has 3 aromatic carbocycles. The van der Waals surface area contributed by atoms with Crippen molar-refractivity contribution < 1.29 is 22.7 Å². The Morgan fingerprint density at radius 1 is 1.08 bits per heavy atom. The first-order chi connectivity index (χ1) is 17.4. The van der Waals surface area contributed by atoms with Crippen LogP contribution in [0.1, 0.15) is 50.4 Å². The van der Waals surface area contributed by atoms with Gasteiger partial charge in [-0.25, -0.2) is 8.42 Å². The van der Waals surface area contributed by atoms with Gasteiger partial charge >= 0.3 is 0 Å². The van der Waals surface area contributed by atoms with E-state index < -0.39 is 22.0 Å². The highest BCUT2D eigenvalue weighted by atomic mass is 32.2. The smallest absolute Gasteiger partial charge is 0.264 e. The van der Waals surface area contributed by atoms with Crippen LogP contribution in [0.15, 0.2) is 71.6 Å². The van der Waals surface area contributed by atoms with Crippen LogP contribution in [0.3, 0.4) is 0 Å². The number of nitrogens with one attached hydrogen (secondary N) is 1. The largest absolute Gasteiger partial charge is 0.496 e. The maximum absolute atomic E-state index is 13.8. The summed E-state index contributed by atoms with van der Waals surface area (Å²) in [6.45, 7) is 9.79. The number of aryl methyl sites for hydroxylation is 1. The van der Waals surface area contributed by atoms with Crippen LogP contribution in [0, 0.1) is 6.92 Å². The van der Waals surface area contributed by atoms with E-state index in [0.29, 0.717) is 17.2 Å². The van der Waals surface area contributed by atoms with Crippen LogP contribution in [-0.2, 0) is 20.2 Å². The van der Waals surface area contributed by atoms with Gasteiger partial charge in [-0.3, -0.25) is 9.10 Å². The van der Waals surface area contributed by atoms with E-state index in [-0.39, 0.29) is 22.9 Å². The van der Waals surface area contributed by atoms with Crippen molar-refractivity contribution >= 4 is 21.6 Å². The predicted octanol–water partition coefficient (Wildman–Crippen LogP) is 5.13. The average Bonchev–Trinajstić information content (AvgIpc) is 2.87. The van der Waals surface area contributed by atoms with Crippen LogP contribution in [0.4, 0.5) is 5.69 Å². The number of anilines is 1. The molecule has 8 heteroatoms. The summed E-state index contributed by atoms with van der Waals surface area (Å²) in [4.78, 5) is 13.5. The van der Waals surface area contributed by atoms with E-state index in [1.54, 1.807) is 37.4 Å². The minimum absolute atomic E-state index is 0.152. The van der Waals surface area contributed by atoms with Gasteiger partial charge in [-0.05, 0) is 55.2 Å². The molecule has 2 unspecified atom stereocenters. The molecule has 0 saturated heterocycles. The van der Waals surface area contributed by atoms with Crippen molar-refractivity contribution in [2.45, 2.75) is 57.1 Å². The molecule has 196 valence electrons. The number of hydrogen-bond donors (Lipinski definition) is 1. The third-order valence-corrected chi connectivity index (χ3v) is 8.35. The standard InChI is InChI=1S/C29H34N2O5S/c1-19-11-14-22(15-12-19)37(33,34)31-18-27(36-26-16-13-21(17-24(26)31)29(3,4)5)28(32)30-20(2)23-9-7-8-10-25(23)35-6/h7-17,20,27H,18H2,1-6H3,(H,30,32). The molecule has 0 saturated carbocycles. The fraction of sp³-hybridized carbons (Fsp3) is 0.345. The molecule has 1 aliphatic rings. The lowest BCUT2D eigenvalue weighted by molar-refractivity contribution is -0.128. The second kappa shape index (κ2) is 10.1. The van der Waals surface area contributed by atoms with Gasteiger partial charge in [0, 0.05) is 5.56 Å². The second-order valence-corrected chi connectivity index (χ2v) is 12.2. The van der Waals surface area contributed by atoms with E-state index in [2.05, 4.69) is 26.1 Å². The number of sulfonamides is 1. The van der Waals surface area contributed by atoms with E-state index in [4.69, 9.17) is 9.47 Å². The van der Waals surface area contributed by atoms with Gasteiger partial charge in [-0.2, -0.15) is 0 Å². The lowest BCUT2D eigenvalue weighted by atomic mass is 9.86. The van der Waals surface area contributed by atoms with Gasteiger partial charge in [0.2, 0.25) is 0 Å². The van der Waals surface area contributed by atoms with Crippen LogP contribution in [0.25, 0.3) is 0 Å². The zero-order valence-corrected chi connectivity index (χ0v) is 22.9. The number of carbonyl (C=O) groups is 1. The fourth-order valence-electron chi connectivity index (χ4n) is 4.33. The first kappa shape index (κ1) is 26.5. The van der Waals surface area contributed by atoms with Crippen molar-refractivity contribution in [2.24, 2.45) is 0 Å². The minimum Gasteiger partial charge on any atom is -0.496 e. The summed E-state index contributed by atoms with van der Waals surface area (Å²) in [6.07, 6.45) is -1.04. The molecule has 0 spiro atoms. The number of carbonyl (C=O) groups excluding carboxylic acids is 1. The molecule has 0 aromatic heterocycles. The summed E-state index contributed by atoms with van der Waals surface area (Å²) in [5.41, 5.74) is 2.96.